The fraction of sp³-hybridized carbons (Fsp3) is 0.188. The molecule has 0 saturated heterocycles. The third-order valence-electron chi connectivity index (χ3n) is 2.73. The van der Waals surface area contributed by atoms with Gasteiger partial charge in [-0.3, -0.25) is 0 Å². The van der Waals surface area contributed by atoms with Crippen LogP contribution in [0.2, 0.25) is 0 Å². The maximum Gasteiger partial charge on any atom is 0.0991 e. The Morgan fingerprint density at radius 1 is 1.05 bits per heavy atom. The van der Waals surface area contributed by atoms with E-state index in [4.69, 9.17) is 9.44 Å². The van der Waals surface area contributed by atoms with Gasteiger partial charge in [-0.05, 0) is 43.2 Å². The number of rotatable bonds is 5. The topological polar surface area (TPSA) is 33.0 Å². The molecule has 2 aromatic rings. The van der Waals surface area contributed by atoms with Gasteiger partial charge in [0.25, 0.3) is 0 Å². The van der Waals surface area contributed by atoms with Crippen molar-refractivity contribution in [2.24, 2.45) is 0 Å². The van der Waals surface area contributed by atoms with Crippen LogP contribution >= 0.6 is 12.0 Å². The van der Waals surface area contributed by atoms with Gasteiger partial charge in [0.1, 0.15) is 0 Å². The summed E-state index contributed by atoms with van der Waals surface area (Å²) >= 11 is 1.40. The highest BCUT2D eigenvalue weighted by atomic mass is 32.2. The van der Waals surface area contributed by atoms with Gasteiger partial charge in [-0.2, -0.15) is 5.26 Å². The Hall–Kier alpha value is -1.76. The first-order valence-corrected chi connectivity index (χ1v) is 6.87. The van der Waals surface area contributed by atoms with E-state index in [0.717, 1.165) is 11.3 Å². The molecular formula is C16H15NOS. The van der Waals surface area contributed by atoms with Crippen molar-refractivity contribution in [3.63, 3.8) is 0 Å². The van der Waals surface area contributed by atoms with Crippen LogP contribution in [-0.4, -0.2) is 6.61 Å². The third kappa shape index (κ3) is 4.44. The summed E-state index contributed by atoms with van der Waals surface area (Å²) in [6, 6.07) is 18.0. The summed E-state index contributed by atoms with van der Waals surface area (Å²) in [5.74, 6) is 0. The molecule has 0 spiro atoms. The van der Waals surface area contributed by atoms with Crippen LogP contribution in [0.15, 0.2) is 53.4 Å². The molecule has 0 aliphatic heterocycles. The Kier molecular flexibility index (Phi) is 5.02. The van der Waals surface area contributed by atoms with Crippen molar-refractivity contribution >= 4 is 12.0 Å². The highest BCUT2D eigenvalue weighted by Crippen LogP contribution is 2.19. The van der Waals surface area contributed by atoms with Crippen molar-refractivity contribution in [3.8, 4) is 6.07 Å². The summed E-state index contributed by atoms with van der Waals surface area (Å²) in [5.41, 5.74) is 3.13. The van der Waals surface area contributed by atoms with E-state index >= 15 is 0 Å². The van der Waals surface area contributed by atoms with Crippen LogP contribution in [0.3, 0.4) is 0 Å². The molecule has 2 aromatic carbocycles. The number of hydrogen-bond donors (Lipinski definition) is 0. The minimum atomic E-state index is 0.657. The number of benzene rings is 2. The van der Waals surface area contributed by atoms with Crippen molar-refractivity contribution in [1.29, 1.82) is 5.26 Å². The van der Waals surface area contributed by atoms with E-state index in [1.54, 1.807) is 0 Å². The number of aryl methyl sites for hydroxylation is 1. The predicted molar refractivity (Wildman–Crippen MR) is 77.8 cm³/mol. The second-order valence-electron chi connectivity index (χ2n) is 4.28. The molecule has 0 aromatic heterocycles. The van der Waals surface area contributed by atoms with Gasteiger partial charge in [0.2, 0.25) is 0 Å². The lowest BCUT2D eigenvalue weighted by Gasteiger charge is -2.03. The monoisotopic (exact) mass is 269 g/mol. The van der Waals surface area contributed by atoms with Gasteiger partial charge in [-0.25, -0.2) is 0 Å². The normalized spacial score (nSPS) is 10.1. The van der Waals surface area contributed by atoms with Gasteiger partial charge in [0.15, 0.2) is 0 Å². The van der Waals surface area contributed by atoms with E-state index in [1.807, 2.05) is 24.3 Å². The van der Waals surface area contributed by atoms with E-state index in [2.05, 4.69) is 37.3 Å². The second kappa shape index (κ2) is 6.98. The molecule has 0 aliphatic rings. The smallest absolute Gasteiger partial charge is 0.0991 e. The molecule has 0 N–H and O–H groups in total. The molecule has 2 rings (SSSR count). The summed E-state index contributed by atoms with van der Waals surface area (Å²) in [6.07, 6.45) is 0.852. The van der Waals surface area contributed by atoms with Gasteiger partial charge in [0, 0.05) is 16.9 Å². The maximum atomic E-state index is 8.71. The van der Waals surface area contributed by atoms with E-state index < -0.39 is 0 Å². The first-order chi connectivity index (χ1) is 9.28. The molecule has 0 heterocycles. The minimum Gasteiger partial charge on any atom is -0.310 e. The Labute approximate surface area is 118 Å². The fourth-order valence-electron chi connectivity index (χ4n) is 1.61. The van der Waals surface area contributed by atoms with Gasteiger partial charge < -0.3 is 4.18 Å². The second-order valence-corrected chi connectivity index (χ2v) is 5.15. The molecule has 19 heavy (non-hydrogen) atoms. The molecule has 0 radical (unpaired) electrons. The van der Waals surface area contributed by atoms with Crippen molar-refractivity contribution in [2.45, 2.75) is 18.2 Å². The zero-order chi connectivity index (χ0) is 13.5. The third-order valence-corrected chi connectivity index (χ3v) is 3.48. The van der Waals surface area contributed by atoms with Gasteiger partial charge in [-0.1, -0.05) is 29.8 Å². The lowest BCUT2D eigenvalue weighted by molar-refractivity contribution is 0.379. The van der Waals surface area contributed by atoms with Crippen LogP contribution in [0.4, 0.5) is 0 Å². The fourth-order valence-corrected chi connectivity index (χ4v) is 2.16. The van der Waals surface area contributed by atoms with E-state index in [9.17, 15) is 0 Å². The van der Waals surface area contributed by atoms with Gasteiger partial charge in [0.05, 0.1) is 18.2 Å². The summed E-state index contributed by atoms with van der Waals surface area (Å²) in [4.78, 5) is 1.12. The Morgan fingerprint density at radius 3 is 2.37 bits per heavy atom. The molecular weight excluding hydrogens is 254 g/mol. The van der Waals surface area contributed by atoms with Crippen LogP contribution in [0, 0.1) is 18.3 Å². The standard InChI is InChI=1S/C16H15NOS/c1-13-2-8-16(9-3-13)19-18-11-10-14-4-6-15(12-17)7-5-14/h2-9H,10-11H2,1H3. The van der Waals surface area contributed by atoms with E-state index in [-0.39, 0.29) is 0 Å². The van der Waals surface area contributed by atoms with Crippen molar-refractivity contribution in [1.82, 2.24) is 0 Å². The van der Waals surface area contributed by atoms with Gasteiger partial charge in [-0.15, -0.1) is 0 Å². The van der Waals surface area contributed by atoms with E-state index in [0.29, 0.717) is 12.2 Å². The van der Waals surface area contributed by atoms with Crippen LogP contribution < -0.4 is 0 Å². The minimum absolute atomic E-state index is 0.657. The van der Waals surface area contributed by atoms with Crippen LogP contribution in [-0.2, 0) is 10.6 Å². The van der Waals surface area contributed by atoms with Gasteiger partial charge >= 0.3 is 0 Å². The molecule has 0 fully saturated rings. The Balaban J connectivity index is 1.74. The zero-order valence-corrected chi connectivity index (χ0v) is 11.6. The summed E-state index contributed by atoms with van der Waals surface area (Å²) in [5, 5.41) is 8.71. The summed E-state index contributed by atoms with van der Waals surface area (Å²) in [6.45, 7) is 2.73. The number of nitrogens with zero attached hydrogens (tertiary/aromatic N) is 1. The quantitative estimate of drug-likeness (QED) is 0.604. The molecule has 0 atom stereocenters. The Morgan fingerprint density at radius 2 is 1.74 bits per heavy atom. The van der Waals surface area contributed by atoms with Crippen molar-refractivity contribution in [3.05, 3.63) is 65.2 Å². The van der Waals surface area contributed by atoms with E-state index in [1.165, 1.54) is 23.2 Å². The SMILES string of the molecule is Cc1ccc(SOCCc2ccc(C#N)cc2)cc1. The average molecular weight is 269 g/mol. The Bertz CT molecular complexity index is 555. The zero-order valence-electron chi connectivity index (χ0n) is 10.8. The van der Waals surface area contributed by atoms with Crippen molar-refractivity contribution in [2.75, 3.05) is 6.61 Å². The largest absolute Gasteiger partial charge is 0.310 e. The number of nitriles is 1. The highest BCUT2D eigenvalue weighted by molar-refractivity contribution is 7.94. The molecule has 0 saturated carbocycles. The highest BCUT2D eigenvalue weighted by Gasteiger charge is 1.97. The molecule has 0 amide bonds. The molecule has 2 nitrogen and oxygen atoms in total. The first-order valence-electron chi connectivity index (χ1n) is 6.13. The molecule has 0 aliphatic carbocycles. The van der Waals surface area contributed by atoms with Crippen LogP contribution in [0.1, 0.15) is 16.7 Å². The summed E-state index contributed by atoms with van der Waals surface area (Å²) < 4.78 is 5.57. The molecule has 0 unspecified atom stereocenters. The lowest BCUT2D eigenvalue weighted by atomic mass is 10.1. The van der Waals surface area contributed by atoms with Crippen LogP contribution in [0.5, 0.6) is 0 Å². The molecule has 96 valence electrons. The lowest BCUT2D eigenvalue weighted by Crippen LogP contribution is -1.93. The first kappa shape index (κ1) is 13.7. The number of hydrogen-bond acceptors (Lipinski definition) is 3. The van der Waals surface area contributed by atoms with Crippen molar-refractivity contribution < 1.29 is 4.18 Å². The molecule has 3 heteroatoms. The predicted octanol–water partition coefficient (Wildman–Crippen LogP) is 4.13. The summed E-state index contributed by atoms with van der Waals surface area (Å²) in [7, 11) is 0. The molecule has 0 bridgehead atoms. The average Bonchev–Trinajstić information content (AvgIpc) is 2.46. The maximum absolute atomic E-state index is 8.71. The van der Waals surface area contributed by atoms with Crippen LogP contribution in [0.25, 0.3) is 0 Å².